The number of hydrogen-bond donors (Lipinski definition) is 0. The van der Waals surface area contributed by atoms with Gasteiger partial charge in [0.2, 0.25) is 0 Å². The molecule has 3 heteroatoms. The molecular formula is C25H25ClN2. The predicted molar refractivity (Wildman–Crippen MR) is 118 cm³/mol. The van der Waals surface area contributed by atoms with Crippen molar-refractivity contribution in [1.29, 1.82) is 0 Å². The lowest BCUT2D eigenvalue weighted by Crippen LogP contribution is -2.38. The number of likely N-dealkylation sites (tertiary alicyclic amines) is 1. The summed E-state index contributed by atoms with van der Waals surface area (Å²) >= 11 is 5.96. The lowest BCUT2D eigenvalue weighted by atomic mass is 9.94. The molecular weight excluding hydrogens is 364 g/mol. The van der Waals surface area contributed by atoms with Gasteiger partial charge >= 0.3 is 0 Å². The minimum Gasteiger partial charge on any atom is -0.292 e. The third-order valence-corrected chi connectivity index (χ3v) is 5.65. The quantitative estimate of drug-likeness (QED) is 0.488. The fraction of sp³-hybridized carbons (Fsp3) is 0.240. The number of halogens is 1. The minimum atomic E-state index is 0.309. The molecule has 0 saturated carbocycles. The average molecular weight is 389 g/mol. The molecule has 0 radical (unpaired) electrons. The largest absolute Gasteiger partial charge is 0.292 e. The molecule has 0 bridgehead atoms. The minimum absolute atomic E-state index is 0.309. The number of nitrogens with zero attached hydrogens (tertiary/aromatic N) is 2. The topological polar surface area (TPSA) is 15.6 Å². The zero-order chi connectivity index (χ0) is 19.2. The van der Waals surface area contributed by atoms with Crippen molar-refractivity contribution in [3.05, 3.63) is 107 Å². The Morgan fingerprint density at radius 1 is 0.786 bits per heavy atom. The van der Waals surface area contributed by atoms with Crippen LogP contribution in [0, 0.1) is 0 Å². The molecule has 3 aromatic rings. The van der Waals surface area contributed by atoms with Crippen molar-refractivity contribution in [3.63, 3.8) is 0 Å². The Balaban J connectivity index is 1.45. The molecule has 28 heavy (non-hydrogen) atoms. The summed E-state index contributed by atoms with van der Waals surface area (Å²) in [5.74, 6) is 0. The van der Waals surface area contributed by atoms with E-state index in [0.29, 0.717) is 12.1 Å². The highest BCUT2D eigenvalue weighted by atomic mass is 35.5. The second-order valence-electron chi connectivity index (χ2n) is 7.32. The summed E-state index contributed by atoms with van der Waals surface area (Å²) in [6, 6.07) is 30.2. The molecule has 2 nitrogen and oxygen atoms in total. The van der Waals surface area contributed by atoms with Gasteiger partial charge in [0, 0.05) is 24.3 Å². The molecule has 0 N–H and O–H groups in total. The molecule has 1 aliphatic heterocycles. The van der Waals surface area contributed by atoms with Crippen LogP contribution in [0.2, 0.25) is 5.02 Å². The van der Waals surface area contributed by atoms with Gasteiger partial charge in [0.25, 0.3) is 0 Å². The van der Waals surface area contributed by atoms with E-state index in [-0.39, 0.29) is 0 Å². The third kappa shape index (κ3) is 4.70. The molecule has 0 spiro atoms. The Morgan fingerprint density at radius 2 is 1.32 bits per heavy atom. The van der Waals surface area contributed by atoms with Gasteiger partial charge in [-0.1, -0.05) is 84.4 Å². The Hall–Kier alpha value is -2.42. The normalized spacial score (nSPS) is 16.1. The van der Waals surface area contributed by atoms with E-state index in [1.165, 1.54) is 11.1 Å². The molecule has 1 saturated heterocycles. The number of aliphatic imine (C=N–C) groups is 1. The molecule has 0 amide bonds. The second-order valence-corrected chi connectivity index (χ2v) is 7.76. The van der Waals surface area contributed by atoms with Gasteiger partial charge in [-0.05, 0) is 41.7 Å². The Labute approximate surface area is 172 Å². The fourth-order valence-electron chi connectivity index (χ4n) is 3.92. The lowest BCUT2D eigenvalue weighted by molar-refractivity contribution is 0.175. The van der Waals surface area contributed by atoms with Crippen LogP contribution in [-0.2, 0) is 0 Å². The van der Waals surface area contributed by atoms with Crippen molar-refractivity contribution in [2.45, 2.75) is 24.9 Å². The zero-order valence-corrected chi connectivity index (χ0v) is 16.7. The highest BCUT2D eigenvalue weighted by Gasteiger charge is 2.26. The first-order valence-electron chi connectivity index (χ1n) is 9.92. The first-order valence-corrected chi connectivity index (χ1v) is 10.3. The van der Waals surface area contributed by atoms with Gasteiger partial charge in [-0.3, -0.25) is 9.89 Å². The molecule has 3 aromatic carbocycles. The van der Waals surface area contributed by atoms with E-state index in [1.807, 2.05) is 30.5 Å². The average Bonchev–Trinajstić information content (AvgIpc) is 2.76. The number of piperidine rings is 1. The van der Waals surface area contributed by atoms with E-state index in [9.17, 15) is 0 Å². The van der Waals surface area contributed by atoms with Gasteiger partial charge in [-0.15, -0.1) is 0 Å². The van der Waals surface area contributed by atoms with E-state index in [1.54, 1.807) is 0 Å². The number of hydrogen-bond acceptors (Lipinski definition) is 2. The summed E-state index contributed by atoms with van der Waals surface area (Å²) in [4.78, 5) is 7.42. The second kappa shape index (κ2) is 9.18. The summed E-state index contributed by atoms with van der Waals surface area (Å²) in [6.07, 6.45) is 4.16. The van der Waals surface area contributed by atoms with Crippen LogP contribution in [-0.4, -0.2) is 30.2 Å². The van der Waals surface area contributed by atoms with E-state index in [2.05, 4.69) is 65.6 Å². The van der Waals surface area contributed by atoms with Gasteiger partial charge in [0.1, 0.15) is 0 Å². The molecule has 0 aromatic heterocycles. The standard InChI is InChI=1S/C25H25ClN2/c26-23-13-11-20(12-14-23)19-27-24-15-17-28(18-16-24)25(21-7-3-1-4-8-21)22-9-5-2-6-10-22/h1-14,19,24-25H,15-18H2/b27-19+. The van der Waals surface area contributed by atoms with Crippen molar-refractivity contribution in [3.8, 4) is 0 Å². The summed E-state index contributed by atoms with van der Waals surface area (Å²) in [6.45, 7) is 2.11. The van der Waals surface area contributed by atoms with Crippen LogP contribution in [0.3, 0.4) is 0 Å². The molecule has 0 unspecified atom stereocenters. The van der Waals surface area contributed by atoms with Crippen LogP contribution in [0.4, 0.5) is 0 Å². The summed E-state index contributed by atoms with van der Waals surface area (Å²) in [5.41, 5.74) is 3.83. The highest BCUT2D eigenvalue weighted by Crippen LogP contribution is 2.31. The SMILES string of the molecule is Clc1ccc(/C=N/C2CCN(C(c3ccccc3)c3ccccc3)CC2)cc1. The van der Waals surface area contributed by atoms with E-state index >= 15 is 0 Å². The molecule has 142 valence electrons. The molecule has 0 aliphatic carbocycles. The highest BCUT2D eigenvalue weighted by molar-refractivity contribution is 6.30. The van der Waals surface area contributed by atoms with Gasteiger partial charge in [-0.2, -0.15) is 0 Å². The van der Waals surface area contributed by atoms with E-state index in [4.69, 9.17) is 16.6 Å². The first kappa shape index (κ1) is 18.9. The summed E-state index contributed by atoms with van der Waals surface area (Å²) < 4.78 is 0. The number of rotatable bonds is 5. The zero-order valence-electron chi connectivity index (χ0n) is 15.9. The maximum Gasteiger partial charge on any atom is 0.0601 e. The van der Waals surface area contributed by atoms with Crippen molar-refractivity contribution in [1.82, 2.24) is 4.90 Å². The monoisotopic (exact) mass is 388 g/mol. The smallest absolute Gasteiger partial charge is 0.0601 e. The van der Waals surface area contributed by atoms with Gasteiger partial charge in [-0.25, -0.2) is 0 Å². The molecule has 1 heterocycles. The van der Waals surface area contributed by atoms with Crippen molar-refractivity contribution in [2.75, 3.05) is 13.1 Å². The lowest BCUT2D eigenvalue weighted by Gasteiger charge is -2.37. The molecule has 0 atom stereocenters. The van der Waals surface area contributed by atoms with Gasteiger partial charge in [0.15, 0.2) is 0 Å². The van der Waals surface area contributed by atoms with Gasteiger partial charge < -0.3 is 0 Å². The van der Waals surface area contributed by atoms with Crippen LogP contribution in [0.5, 0.6) is 0 Å². The Morgan fingerprint density at radius 3 is 1.86 bits per heavy atom. The third-order valence-electron chi connectivity index (χ3n) is 5.40. The molecule has 4 rings (SSSR count). The fourth-order valence-corrected chi connectivity index (χ4v) is 4.04. The number of benzene rings is 3. The maximum absolute atomic E-state index is 5.96. The summed E-state index contributed by atoms with van der Waals surface area (Å²) in [5, 5.41) is 0.762. The van der Waals surface area contributed by atoms with Crippen molar-refractivity contribution >= 4 is 17.8 Å². The van der Waals surface area contributed by atoms with Crippen LogP contribution >= 0.6 is 11.6 Å². The molecule has 1 fully saturated rings. The maximum atomic E-state index is 5.96. The van der Waals surface area contributed by atoms with E-state index < -0.39 is 0 Å². The molecule has 1 aliphatic rings. The predicted octanol–water partition coefficient (Wildman–Crippen LogP) is 6.01. The van der Waals surface area contributed by atoms with Crippen LogP contribution < -0.4 is 0 Å². The Kier molecular flexibility index (Phi) is 6.20. The van der Waals surface area contributed by atoms with Crippen molar-refractivity contribution < 1.29 is 0 Å². The summed E-state index contributed by atoms with van der Waals surface area (Å²) in [7, 11) is 0. The van der Waals surface area contributed by atoms with Crippen LogP contribution in [0.25, 0.3) is 0 Å². The first-order chi connectivity index (χ1) is 13.8. The van der Waals surface area contributed by atoms with Crippen molar-refractivity contribution in [2.24, 2.45) is 4.99 Å². The van der Waals surface area contributed by atoms with Gasteiger partial charge in [0.05, 0.1) is 12.1 Å². The Bertz CT molecular complexity index is 843. The van der Waals surface area contributed by atoms with Crippen LogP contribution in [0.15, 0.2) is 89.9 Å². The van der Waals surface area contributed by atoms with E-state index in [0.717, 1.165) is 36.5 Å². The van der Waals surface area contributed by atoms with Crippen LogP contribution in [0.1, 0.15) is 35.6 Å².